The Labute approximate surface area is 211 Å². The van der Waals surface area contributed by atoms with Gasteiger partial charge in [0.2, 0.25) is 5.91 Å². The third-order valence-electron chi connectivity index (χ3n) is 6.80. The first kappa shape index (κ1) is 25.2. The molecule has 1 fully saturated rings. The van der Waals surface area contributed by atoms with Crippen molar-refractivity contribution in [2.75, 3.05) is 39.8 Å². The molecule has 7 heteroatoms. The average Bonchev–Trinajstić information content (AvgIpc) is 2.88. The lowest BCUT2D eigenvalue weighted by Crippen LogP contribution is -2.53. The summed E-state index contributed by atoms with van der Waals surface area (Å²) in [5.74, 6) is 0.722. The van der Waals surface area contributed by atoms with Crippen molar-refractivity contribution in [2.45, 2.75) is 25.9 Å². The van der Waals surface area contributed by atoms with Gasteiger partial charge in [0.15, 0.2) is 5.78 Å². The fourth-order valence-electron chi connectivity index (χ4n) is 4.61. The van der Waals surface area contributed by atoms with E-state index in [1.165, 1.54) is 0 Å². The summed E-state index contributed by atoms with van der Waals surface area (Å²) in [6.07, 6.45) is 0. The second-order valence-electron chi connectivity index (χ2n) is 9.07. The molecule has 0 spiro atoms. The van der Waals surface area contributed by atoms with Crippen LogP contribution in [-0.4, -0.2) is 67.4 Å². The average molecular weight is 494 g/mol. The zero-order valence-electron chi connectivity index (χ0n) is 20.5. The first-order valence-electron chi connectivity index (χ1n) is 12.0. The zero-order valence-corrected chi connectivity index (χ0v) is 21.2. The number of piperazine rings is 1. The molecule has 1 heterocycles. The monoisotopic (exact) mass is 493 g/mol. The van der Waals surface area contributed by atoms with E-state index in [1.54, 1.807) is 7.11 Å². The molecule has 1 N–H and O–H groups in total. The van der Waals surface area contributed by atoms with E-state index >= 15 is 0 Å². The van der Waals surface area contributed by atoms with E-state index in [0.717, 1.165) is 42.5 Å². The minimum atomic E-state index is -0.241. The van der Waals surface area contributed by atoms with Crippen molar-refractivity contribution in [3.63, 3.8) is 0 Å². The van der Waals surface area contributed by atoms with Crippen molar-refractivity contribution in [1.29, 1.82) is 0 Å². The van der Waals surface area contributed by atoms with Crippen LogP contribution >= 0.6 is 11.6 Å². The number of ether oxygens (including phenoxy) is 1. The molecular weight excluding hydrogens is 462 g/mol. The summed E-state index contributed by atoms with van der Waals surface area (Å²) in [5, 5.41) is 5.40. The zero-order chi connectivity index (χ0) is 24.9. The molecule has 3 aromatic rings. The van der Waals surface area contributed by atoms with Gasteiger partial charge in [0, 0.05) is 37.1 Å². The maximum Gasteiger partial charge on any atom is 0.234 e. The van der Waals surface area contributed by atoms with Crippen LogP contribution in [0.1, 0.15) is 35.8 Å². The summed E-state index contributed by atoms with van der Waals surface area (Å²) < 4.78 is 5.29. The van der Waals surface area contributed by atoms with Gasteiger partial charge in [-0.05, 0) is 36.9 Å². The van der Waals surface area contributed by atoms with E-state index in [0.29, 0.717) is 22.9 Å². The number of nitrogens with zero attached hydrogens (tertiary/aromatic N) is 2. The molecule has 0 radical (unpaired) electrons. The predicted octanol–water partition coefficient (Wildman–Crippen LogP) is 4.57. The Kier molecular flexibility index (Phi) is 8.06. The van der Waals surface area contributed by atoms with Crippen molar-refractivity contribution in [3.05, 3.63) is 76.8 Å². The summed E-state index contributed by atoms with van der Waals surface area (Å²) in [7, 11) is 1.59. The molecule has 184 valence electrons. The number of amides is 1. The second kappa shape index (κ2) is 11.2. The predicted molar refractivity (Wildman–Crippen MR) is 140 cm³/mol. The van der Waals surface area contributed by atoms with Crippen LogP contribution in [0, 0.1) is 0 Å². The van der Waals surface area contributed by atoms with Crippen LogP contribution in [0.15, 0.2) is 60.7 Å². The quantitative estimate of drug-likeness (QED) is 0.466. The molecule has 4 rings (SSSR count). The SMILES string of the molecule is COc1ccc2cc(C(=O)C(C)N3CCN(CC(=O)NC(C)c4ccccc4)CC3)ccc2c1Cl. The molecule has 0 saturated carbocycles. The highest BCUT2D eigenvalue weighted by Crippen LogP contribution is 2.33. The number of carbonyl (C=O) groups is 2. The van der Waals surface area contributed by atoms with E-state index in [2.05, 4.69) is 15.1 Å². The van der Waals surface area contributed by atoms with E-state index in [-0.39, 0.29) is 23.8 Å². The summed E-state index contributed by atoms with van der Waals surface area (Å²) >= 11 is 6.42. The molecule has 3 aromatic carbocycles. The lowest BCUT2D eigenvalue weighted by Gasteiger charge is -2.37. The Bertz CT molecular complexity index is 1190. The van der Waals surface area contributed by atoms with Gasteiger partial charge in [-0.3, -0.25) is 19.4 Å². The molecule has 0 aliphatic carbocycles. The van der Waals surface area contributed by atoms with Gasteiger partial charge in [0.05, 0.1) is 30.8 Å². The molecule has 1 saturated heterocycles. The van der Waals surface area contributed by atoms with Gasteiger partial charge in [-0.1, -0.05) is 60.1 Å². The maximum absolute atomic E-state index is 13.2. The number of halogens is 1. The highest BCUT2D eigenvalue weighted by atomic mass is 35.5. The van der Waals surface area contributed by atoms with Crippen LogP contribution in [0.25, 0.3) is 10.8 Å². The Morgan fingerprint density at radius 2 is 1.71 bits per heavy atom. The molecule has 35 heavy (non-hydrogen) atoms. The van der Waals surface area contributed by atoms with Crippen molar-refractivity contribution in [1.82, 2.24) is 15.1 Å². The van der Waals surface area contributed by atoms with Crippen LogP contribution in [0.5, 0.6) is 5.75 Å². The number of Topliss-reactive ketones (excluding diaryl/α,β-unsaturated/α-hetero) is 1. The Balaban J connectivity index is 1.31. The highest BCUT2D eigenvalue weighted by molar-refractivity contribution is 6.37. The Morgan fingerprint density at radius 1 is 1.00 bits per heavy atom. The van der Waals surface area contributed by atoms with Crippen LogP contribution in [-0.2, 0) is 4.79 Å². The summed E-state index contributed by atoms with van der Waals surface area (Å²) in [6, 6.07) is 19.0. The number of fused-ring (bicyclic) bond motifs is 1. The molecule has 2 unspecified atom stereocenters. The largest absolute Gasteiger partial charge is 0.495 e. The summed E-state index contributed by atoms with van der Waals surface area (Å²) in [5.41, 5.74) is 1.76. The normalized spacial score (nSPS) is 16.6. The number of rotatable bonds is 8. The number of ketones is 1. The van der Waals surface area contributed by atoms with Crippen molar-refractivity contribution < 1.29 is 14.3 Å². The number of hydrogen-bond donors (Lipinski definition) is 1. The lowest BCUT2D eigenvalue weighted by molar-refractivity contribution is -0.123. The van der Waals surface area contributed by atoms with E-state index in [1.807, 2.05) is 74.5 Å². The smallest absolute Gasteiger partial charge is 0.234 e. The van der Waals surface area contributed by atoms with Crippen molar-refractivity contribution >= 4 is 34.1 Å². The molecule has 1 amide bonds. The second-order valence-corrected chi connectivity index (χ2v) is 9.45. The molecule has 6 nitrogen and oxygen atoms in total. The van der Waals surface area contributed by atoms with E-state index < -0.39 is 0 Å². The third kappa shape index (κ3) is 5.84. The first-order valence-corrected chi connectivity index (χ1v) is 12.4. The number of benzene rings is 3. The number of nitrogens with one attached hydrogen (secondary N) is 1. The molecule has 0 bridgehead atoms. The fraction of sp³-hybridized carbons (Fsp3) is 0.357. The lowest BCUT2D eigenvalue weighted by atomic mass is 9.99. The Morgan fingerprint density at radius 3 is 2.40 bits per heavy atom. The minimum Gasteiger partial charge on any atom is -0.495 e. The van der Waals surface area contributed by atoms with Crippen molar-refractivity contribution in [3.8, 4) is 5.75 Å². The minimum absolute atomic E-state index is 0.0189. The van der Waals surface area contributed by atoms with Gasteiger partial charge in [0.25, 0.3) is 0 Å². The van der Waals surface area contributed by atoms with Gasteiger partial charge >= 0.3 is 0 Å². The summed E-state index contributed by atoms with van der Waals surface area (Å²) in [4.78, 5) is 30.1. The van der Waals surface area contributed by atoms with Gasteiger partial charge < -0.3 is 10.1 Å². The number of carbonyl (C=O) groups excluding carboxylic acids is 2. The Hall–Kier alpha value is -2.93. The molecule has 0 aromatic heterocycles. The van der Waals surface area contributed by atoms with Gasteiger partial charge in [-0.25, -0.2) is 0 Å². The van der Waals surface area contributed by atoms with Crippen molar-refractivity contribution in [2.24, 2.45) is 0 Å². The van der Waals surface area contributed by atoms with Crippen LogP contribution in [0.3, 0.4) is 0 Å². The number of hydrogen-bond acceptors (Lipinski definition) is 5. The van der Waals surface area contributed by atoms with Gasteiger partial charge in [-0.2, -0.15) is 0 Å². The van der Waals surface area contributed by atoms with Crippen LogP contribution in [0.4, 0.5) is 0 Å². The van der Waals surface area contributed by atoms with E-state index in [4.69, 9.17) is 16.3 Å². The van der Waals surface area contributed by atoms with Crippen LogP contribution < -0.4 is 10.1 Å². The summed E-state index contributed by atoms with van der Waals surface area (Å²) in [6.45, 7) is 7.29. The van der Waals surface area contributed by atoms with Gasteiger partial charge in [0.1, 0.15) is 5.75 Å². The van der Waals surface area contributed by atoms with Crippen LogP contribution in [0.2, 0.25) is 5.02 Å². The molecule has 1 aliphatic rings. The number of methoxy groups -OCH3 is 1. The van der Waals surface area contributed by atoms with E-state index in [9.17, 15) is 9.59 Å². The highest BCUT2D eigenvalue weighted by Gasteiger charge is 2.27. The topological polar surface area (TPSA) is 61.9 Å². The molecule has 1 aliphatic heterocycles. The fourth-order valence-corrected chi connectivity index (χ4v) is 4.93. The maximum atomic E-state index is 13.2. The standard InChI is InChI=1S/C28H32ClN3O3/c1-19(21-7-5-4-6-8-21)30-26(33)18-31-13-15-32(16-14-31)20(2)28(34)23-9-11-24-22(17-23)10-12-25(35-3)27(24)29/h4-12,17,19-20H,13-16,18H2,1-3H3,(H,30,33). The third-order valence-corrected chi connectivity index (χ3v) is 7.19. The first-order chi connectivity index (χ1) is 16.9. The van der Waals surface area contributed by atoms with Gasteiger partial charge in [-0.15, -0.1) is 0 Å². The molecular formula is C28H32ClN3O3. The molecule has 2 atom stereocenters.